The molecule has 1 aliphatic carbocycles. The van der Waals surface area contributed by atoms with Gasteiger partial charge in [0.25, 0.3) is 5.91 Å². The van der Waals surface area contributed by atoms with Gasteiger partial charge in [-0.15, -0.1) is 0 Å². The molecule has 0 aliphatic heterocycles. The van der Waals surface area contributed by atoms with E-state index >= 15 is 0 Å². The second-order valence-electron chi connectivity index (χ2n) is 6.50. The molecule has 2 rings (SSSR count). The van der Waals surface area contributed by atoms with Gasteiger partial charge in [-0.05, 0) is 49.3 Å². The van der Waals surface area contributed by atoms with Crippen molar-refractivity contribution in [3.63, 3.8) is 0 Å². The second-order valence-corrected chi connectivity index (χ2v) is 6.91. The molecule has 3 unspecified atom stereocenters. The van der Waals surface area contributed by atoms with Crippen LogP contribution < -0.4 is 5.32 Å². The van der Waals surface area contributed by atoms with Crippen LogP contribution >= 0.6 is 11.6 Å². The first-order valence-electron chi connectivity index (χ1n) is 7.66. The molecule has 116 valence electrons. The van der Waals surface area contributed by atoms with Crippen molar-refractivity contribution in [3.8, 4) is 0 Å². The Bertz CT molecular complexity index is 516. The molecule has 4 heteroatoms. The van der Waals surface area contributed by atoms with Crippen molar-refractivity contribution >= 4 is 23.2 Å². The van der Waals surface area contributed by atoms with Crippen molar-refractivity contribution < 1.29 is 4.79 Å². The van der Waals surface area contributed by atoms with Crippen molar-refractivity contribution in [3.05, 3.63) is 28.8 Å². The molecule has 1 N–H and O–H groups in total. The van der Waals surface area contributed by atoms with Crippen molar-refractivity contribution in [2.45, 2.75) is 39.2 Å². The highest BCUT2D eigenvalue weighted by molar-refractivity contribution is 6.34. The fourth-order valence-corrected chi connectivity index (χ4v) is 3.13. The van der Waals surface area contributed by atoms with Gasteiger partial charge in [-0.2, -0.15) is 0 Å². The van der Waals surface area contributed by atoms with E-state index in [1.165, 1.54) is 19.3 Å². The zero-order valence-corrected chi connectivity index (χ0v) is 14.1. The summed E-state index contributed by atoms with van der Waals surface area (Å²) in [6, 6.07) is 6.11. The molecule has 1 amide bonds. The Morgan fingerprint density at radius 2 is 1.95 bits per heavy atom. The number of halogens is 1. The Balaban J connectivity index is 2.11. The normalized spacial score (nSPS) is 25.5. The summed E-state index contributed by atoms with van der Waals surface area (Å²) in [7, 11) is 3.48. The topological polar surface area (TPSA) is 32.3 Å². The summed E-state index contributed by atoms with van der Waals surface area (Å²) in [6.45, 7) is 4.65. The highest BCUT2D eigenvalue weighted by atomic mass is 35.5. The quantitative estimate of drug-likeness (QED) is 0.904. The smallest absolute Gasteiger partial charge is 0.254 e. The zero-order chi connectivity index (χ0) is 15.6. The van der Waals surface area contributed by atoms with Crippen LogP contribution in [0.4, 0.5) is 5.69 Å². The molecule has 0 bridgehead atoms. The van der Waals surface area contributed by atoms with Gasteiger partial charge in [-0.25, -0.2) is 0 Å². The standard InChI is InChI=1S/C17H25ClN2O/c1-11-5-6-13(9-12(11)2)19-14-7-8-16(18)15(10-14)17(21)20(3)4/h7-8,10-13,19H,5-6,9H2,1-4H3. The van der Waals surface area contributed by atoms with Crippen LogP contribution in [0.2, 0.25) is 5.02 Å². The van der Waals surface area contributed by atoms with E-state index in [1.807, 2.05) is 12.1 Å². The van der Waals surface area contributed by atoms with Gasteiger partial charge in [0.2, 0.25) is 0 Å². The van der Waals surface area contributed by atoms with E-state index in [2.05, 4.69) is 19.2 Å². The zero-order valence-electron chi connectivity index (χ0n) is 13.3. The SMILES string of the molecule is CC1CCC(Nc2ccc(Cl)c(C(=O)N(C)C)c2)CC1C. The Morgan fingerprint density at radius 1 is 1.24 bits per heavy atom. The summed E-state index contributed by atoms with van der Waals surface area (Å²) in [4.78, 5) is 13.7. The molecule has 1 aromatic rings. The Morgan fingerprint density at radius 3 is 2.57 bits per heavy atom. The molecule has 3 nitrogen and oxygen atoms in total. The highest BCUT2D eigenvalue weighted by Crippen LogP contribution is 2.31. The number of nitrogens with one attached hydrogen (secondary N) is 1. The lowest BCUT2D eigenvalue weighted by molar-refractivity contribution is 0.0828. The van der Waals surface area contributed by atoms with Crippen molar-refractivity contribution in [2.24, 2.45) is 11.8 Å². The molecule has 1 saturated carbocycles. The predicted molar refractivity (Wildman–Crippen MR) is 89.1 cm³/mol. The van der Waals surface area contributed by atoms with E-state index in [4.69, 9.17) is 11.6 Å². The lowest BCUT2D eigenvalue weighted by Crippen LogP contribution is -2.30. The summed E-state index contributed by atoms with van der Waals surface area (Å²) >= 11 is 6.14. The molecule has 3 atom stereocenters. The van der Waals surface area contributed by atoms with E-state index in [0.29, 0.717) is 16.6 Å². The van der Waals surface area contributed by atoms with E-state index in [0.717, 1.165) is 17.5 Å². The van der Waals surface area contributed by atoms with Crippen molar-refractivity contribution in [1.29, 1.82) is 0 Å². The monoisotopic (exact) mass is 308 g/mol. The van der Waals surface area contributed by atoms with Crippen molar-refractivity contribution in [1.82, 2.24) is 4.90 Å². The maximum atomic E-state index is 12.1. The Kier molecular flexibility index (Phi) is 5.15. The molecule has 0 radical (unpaired) electrons. The van der Waals surface area contributed by atoms with Gasteiger partial charge >= 0.3 is 0 Å². The molecule has 0 heterocycles. The molecular weight excluding hydrogens is 284 g/mol. The van der Waals surface area contributed by atoms with Gasteiger partial charge in [0.15, 0.2) is 0 Å². The number of nitrogens with zero attached hydrogens (tertiary/aromatic N) is 1. The third kappa shape index (κ3) is 3.91. The largest absolute Gasteiger partial charge is 0.382 e. The third-order valence-corrected chi connectivity index (χ3v) is 4.90. The van der Waals surface area contributed by atoms with Crippen LogP contribution in [0, 0.1) is 11.8 Å². The molecule has 0 aromatic heterocycles. The Hall–Kier alpha value is -1.22. The second kappa shape index (κ2) is 6.69. The van der Waals surface area contributed by atoms with Gasteiger partial charge in [-0.3, -0.25) is 4.79 Å². The summed E-state index contributed by atoms with van der Waals surface area (Å²) in [5.74, 6) is 1.49. The van der Waals surface area contributed by atoms with Crippen LogP contribution in [0.1, 0.15) is 43.5 Å². The van der Waals surface area contributed by atoms with E-state index in [-0.39, 0.29) is 5.91 Å². The van der Waals surface area contributed by atoms with Gasteiger partial charge in [0.05, 0.1) is 10.6 Å². The van der Waals surface area contributed by atoms with Gasteiger partial charge in [-0.1, -0.05) is 25.4 Å². The summed E-state index contributed by atoms with van der Waals surface area (Å²) in [6.07, 6.45) is 3.63. The lowest BCUT2D eigenvalue weighted by atomic mass is 9.79. The fraction of sp³-hybridized carbons (Fsp3) is 0.588. The first-order valence-corrected chi connectivity index (χ1v) is 8.04. The van der Waals surface area contributed by atoms with Crippen LogP contribution in [0.5, 0.6) is 0 Å². The molecular formula is C17H25ClN2O. The van der Waals surface area contributed by atoms with Crippen molar-refractivity contribution in [2.75, 3.05) is 19.4 Å². The highest BCUT2D eigenvalue weighted by Gasteiger charge is 2.24. The summed E-state index contributed by atoms with van der Waals surface area (Å²) in [5, 5.41) is 4.07. The molecule has 0 saturated heterocycles. The maximum Gasteiger partial charge on any atom is 0.254 e. The van der Waals surface area contributed by atoms with Crippen LogP contribution in [0.15, 0.2) is 18.2 Å². The maximum absolute atomic E-state index is 12.1. The Labute approximate surface area is 132 Å². The predicted octanol–water partition coefficient (Wildman–Crippen LogP) is 4.28. The van der Waals surface area contributed by atoms with E-state index in [1.54, 1.807) is 25.1 Å². The number of carbonyl (C=O) groups is 1. The fourth-order valence-electron chi connectivity index (χ4n) is 2.93. The molecule has 1 aliphatic rings. The number of carbonyl (C=O) groups excluding carboxylic acids is 1. The van der Waals surface area contributed by atoms with Crippen LogP contribution in [0.3, 0.4) is 0 Å². The first-order chi connectivity index (χ1) is 9.88. The molecule has 1 aromatic carbocycles. The molecule has 0 spiro atoms. The molecule has 1 fully saturated rings. The summed E-state index contributed by atoms with van der Waals surface area (Å²) in [5.41, 5.74) is 1.54. The number of benzene rings is 1. The number of hydrogen-bond acceptors (Lipinski definition) is 2. The minimum absolute atomic E-state index is 0.0608. The summed E-state index contributed by atoms with van der Waals surface area (Å²) < 4.78 is 0. The van der Waals surface area contributed by atoms with Gasteiger partial charge < -0.3 is 10.2 Å². The van der Waals surface area contributed by atoms with E-state index in [9.17, 15) is 4.79 Å². The minimum atomic E-state index is -0.0608. The molecule has 21 heavy (non-hydrogen) atoms. The van der Waals surface area contributed by atoms with Crippen LogP contribution in [-0.2, 0) is 0 Å². The first kappa shape index (κ1) is 16.2. The lowest BCUT2D eigenvalue weighted by Gasteiger charge is -2.33. The minimum Gasteiger partial charge on any atom is -0.382 e. The van der Waals surface area contributed by atoms with Gasteiger partial charge in [0, 0.05) is 25.8 Å². The number of anilines is 1. The number of rotatable bonds is 3. The number of amides is 1. The van der Waals surface area contributed by atoms with Gasteiger partial charge in [0.1, 0.15) is 0 Å². The third-order valence-electron chi connectivity index (χ3n) is 4.57. The average molecular weight is 309 g/mol. The van der Waals surface area contributed by atoms with Crippen LogP contribution in [0.25, 0.3) is 0 Å². The van der Waals surface area contributed by atoms with E-state index < -0.39 is 0 Å². The van der Waals surface area contributed by atoms with Crippen LogP contribution in [-0.4, -0.2) is 30.9 Å². The number of hydrogen-bond donors (Lipinski definition) is 1. The average Bonchev–Trinajstić information content (AvgIpc) is 2.44.